The Kier molecular flexibility index (Phi) is 8.96. The van der Waals surface area contributed by atoms with Gasteiger partial charge in [0.05, 0.1) is 34.6 Å². The van der Waals surface area contributed by atoms with E-state index < -0.39 is 39.8 Å². The Labute approximate surface area is 360 Å². The molecule has 63 heavy (non-hydrogen) atoms. The van der Waals surface area contributed by atoms with E-state index in [0.29, 0.717) is 83.1 Å². The lowest BCUT2D eigenvalue weighted by Crippen LogP contribution is -2.41. The molecular formula is C45H43F2N9O6S. The van der Waals surface area contributed by atoms with Crippen LogP contribution in [-0.4, -0.2) is 68.4 Å². The van der Waals surface area contributed by atoms with Gasteiger partial charge >= 0.3 is 11.4 Å². The lowest BCUT2D eigenvalue weighted by molar-refractivity contribution is 0.0663. The minimum Gasteiger partial charge on any atom is -0.381 e. The molecule has 0 spiro atoms. The molecule has 4 aromatic heterocycles. The third-order valence-corrected chi connectivity index (χ3v) is 14.6. The van der Waals surface area contributed by atoms with Crippen LogP contribution in [0.5, 0.6) is 0 Å². The maximum atomic E-state index is 16.0. The number of fused-ring (bicyclic) bond motifs is 3. The summed E-state index contributed by atoms with van der Waals surface area (Å²) in [5.74, 6) is -1.04. The number of carbonyl (C=O) groups excluding carboxylic acids is 1. The molecular weight excluding hydrogens is 833 g/mol. The Morgan fingerprint density at radius 1 is 0.968 bits per heavy atom. The number of aromatic nitrogens is 7. The fourth-order valence-electron chi connectivity index (χ4n) is 10.3. The van der Waals surface area contributed by atoms with Gasteiger partial charge in [0.15, 0.2) is 11.6 Å². The Hall–Kier alpha value is -6.40. The van der Waals surface area contributed by atoms with Crippen LogP contribution in [0.3, 0.4) is 0 Å². The second-order valence-electron chi connectivity index (χ2n) is 17.3. The number of aromatic amines is 1. The van der Waals surface area contributed by atoms with Crippen LogP contribution in [-0.2, 0) is 33.4 Å². The van der Waals surface area contributed by atoms with Gasteiger partial charge in [0.1, 0.15) is 33.9 Å². The van der Waals surface area contributed by atoms with Crippen molar-refractivity contribution in [1.29, 1.82) is 0 Å². The van der Waals surface area contributed by atoms with Crippen molar-refractivity contribution < 1.29 is 27.0 Å². The third kappa shape index (κ3) is 5.97. The van der Waals surface area contributed by atoms with Gasteiger partial charge in [0.2, 0.25) is 0 Å². The predicted molar refractivity (Wildman–Crippen MR) is 229 cm³/mol. The number of imidazole rings is 1. The van der Waals surface area contributed by atoms with E-state index in [4.69, 9.17) is 14.4 Å². The molecule has 4 aliphatic rings. The summed E-state index contributed by atoms with van der Waals surface area (Å²) in [5.41, 5.74) is 4.06. The highest BCUT2D eigenvalue weighted by Crippen LogP contribution is 2.56. The van der Waals surface area contributed by atoms with Crippen LogP contribution in [0.25, 0.3) is 28.1 Å². The molecule has 0 radical (unpaired) electrons. The van der Waals surface area contributed by atoms with Crippen molar-refractivity contribution in [3.05, 3.63) is 139 Å². The molecule has 7 aromatic rings. The van der Waals surface area contributed by atoms with E-state index in [9.17, 15) is 13.8 Å². The van der Waals surface area contributed by atoms with E-state index in [0.717, 1.165) is 29.3 Å². The molecule has 1 amide bonds. The molecule has 18 heteroatoms. The fourth-order valence-corrected chi connectivity index (χ4v) is 11.3. The lowest BCUT2D eigenvalue weighted by atomic mass is 9.91. The normalized spacial score (nSPS) is 22.1. The number of hydrogen-bond donors (Lipinski definition) is 2. The highest BCUT2D eigenvalue weighted by molar-refractivity contribution is 7.86. The van der Waals surface area contributed by atoms with Gasteiger partial charge < -0.3 is 18.9 Å². The Balaban J connectivity index is 1.06. The largest absolute Gasteiger partial charge is 0.438 e. The van der Waals surface area contributed by atoms with Crippen LogP contribution in [0, 0.1) is 31.4 Å². The predicted octanol–water partition coefficient (Wildman–Crippen LogP) is 6.37. The van der Waals surface area contributed by atoms with Gasteiger partial charge in [-0.25, -0.2) is 27.3 Å². The second kappa shape index (κ2) is 14.3. The van der Waals surface area contributed by atoms with E-state index in [1.54, 1.807) is 41.6 Å². The first-order chi connectivity index (χ1) is 30.3. The summed E-state index contributed by atoms with van der Waals surface area (Å²) in [6, 6.07) is 14.0. The second-order valence-corrected chi connectivity index (χ2v) is 18.5. The number of halogens is 2. The molecule has 324 valence electrons. The SMILES string of the molecule is Cc1cc(-n2nc3c(c2-n2ccn(-c4ccc5c(c4F)CS(=O)N5)c2=O)C(C)N(C(=O)c2cc4cc(C5CCOCC5)ccc4n2C2(c4noc(=O)[nH]4)CC2C)CC3)cc(C)c1F. The summed E-state index contributed by atoms with van der Waals surface area (Å²) in [7, 11) is -1.48. The van der Waals surface area contributed by atoms with Crippen molar-refractivity contribution in [2.45, 2.75) is 76.6 Å². The first-order valence-corrected chi connectivity index (χ1v) is 22.4. The highest BCUT2D eigenvalue weighted by Gasteiger charge is 2.59. The molecule has 1 aliphatic carbocycles. The van der Waals surface area contributed by atoms with Crippen LogP contribution < -0.4 is 16.2 Å². The number of ether oxygens (including phenoxy) is 1. The maximum absolute atomic E-state index is 16.0. The Morgan fingerprint density at radius 2 is 1.71 bits per heavy atom. The van der Waals surface area contributed by atoms with Crippen LogP contribution >= 0.6 is 0 Å². The monoisotopic (exact) mass is 875 g/mol. The van der Waals surface area contributed by atoms with Gasteiger partial charge in [-0.2, -0.15) is 5.10 Å². The van der Waals surface area contributed by atoms with Crippen molar-refractivity contribution >= 4 is 33.5 Å². The van der Waals surface area contributed by atoms with Gasteiger partial charge in [-0.15, -0.1) is 0 Å². The zero-order chi connectivity index (χ0) is 43.6. The van der Waals surface area contributed by atoms with E-state index >= 15 is 13.6 Å². The van der Waals surface area contributed by atoms with E-state index in [1.165, 1.54) is 27.6 Å². The number of rotatable bonds is 7. The van der Waals surface area contributed by atoms with E-state index in [-0.39, 0.29) is 41.2 Å². The summed E-state index contributed by atoms with van der Waals surface area (Å²) >= 11 is 0. The van der Waals surface area contributed by atoms with Crippen LogP contribution in [0.15, 0.2) is 75.0 Å². The van der Waals surface area contributed by atoms with Gasteiger partial charge in [-0.3, -0.25) is 23.4 Å². The standard InChI is InChI=1S/C45H43F2N9O6S/c1-23-17-30(18-24(2)38(23)46)56-40(54-14-13-53(44(54)59)35-8-6-32-31(39(35)47)22-63(60)51-32)37-26(4)52(12-9-33(37)49-56)41(57)36-20-29-19-28(27-10-15-61-16-11-27)5-7-34(29)55(36)45(21-25(45)3)42-48-43(58)62-50-42/h5-8,13-14,17-20,25-27,51H,9-12,15-16,21-22H2,1-4H3,(H,48,50,58). The van der Waals surface area contributed by atoms with Crippen molar-refractivity contribution in [3.8, 4) is 17.2 Å². The summed E-state index contributed by atoms with van der Waals surface area (Å²) in [6.45, 7) is 8.92. The molecule has 3 aliphatic heterocycles. The van der Waals surface area contributed by atoms with Gasteiger partial charge in [0, 0.05) is 60.6 Å². The number of amides is 1. The quantitative estimate of drug-likeness (QED) is 0.187. The third-order valence-electron chi connectivity index (χ3n) is 13.6. The number of hydrogen-bond acceptors (Lipinski definition) is 8. The summed E-state index contributed by atoms with van der Waals surface area (Å²) < 4.78 is 63.0. The molecule has 2 N–H and O–H groups in total. The Morgan fingerprint density at radius 3 is 2.43 bits per heavy atom. The molecule has 3 aromatic carbocycles. The molecule has 7 heterocycles. The zero-order valence-corrected chi connectivity index (χ0v) is 35.7. The topological polar surface area (TPSA) is 167 Å². The average Bonchev–Trinajstić information content (AvgIpc) is 3.91. The van der Waals surface area contributed by atoms with Crippen LogP contribution in [0.2, 0.25) is 0 Å². The molecule has 4 unspecified atom stereocenters. The van der Waals surface area contributed by atoms with Crippen molar-refractivity contribution in [1.82, 2.24) is 38.5 Å². The number of nitrogens with zero attached hydrogens (tertiary/aromatic N) is 7. The lowest BCUT2D eigenvalue weighted by Gasteiger charge is -2.34. The maximum Gasteiger partial charge on any atom is 0.438 e. The molecule has 11 rings (SSSR count). The summed E-state index contributed by atoms with van der Waals surface area (Å²) in [5, 5.41) is 10.1. The number of anilines is 1. The number of nitrogens with one attached hydrogen (secondary N) is 2. The summed E-state index contributed by atoms with van der Waals surface area (Å²) in [6.07, 6.45) is 5.72. The molecule has 15 nitrogen and oxygen atoms in total. The average molecular weight is 876 g/mol. The number of aryl methyl sites for hydroxylation is 2. The highest BCUT2D eigenvalue weighted by atomic mass is 32.2. The minimum atomic E-state index is -1.48. The van der Waals surface area contributed by atoms with Crippen molar-refractivity contribution in [2.75, 3.05) is 24.5 Å². The number of carbonyl (C=O) groups is 1. The number of H-pyrrole nitrogens is 1. The molecule has 2 fully saturated rings. The molecule has 4 atom stereocenters. The van der Waals surface area contributed by atoms with Crippen molar-refractivity contribution in [3.63, 3.8) is 0 Å². The molecule has 0 bridgehead atoms. The van der Waals surface area contributed by atoms with Crippen molar-refractivity contribution in [2.24, 2.45) is 5.92 Å². The minimum absolute atomic E-state index is 0.00163. The van der Waals surface area contributed by atoms with E-state index in [1.807, 2.05) is 23.6 Å². The first-order valence-electron chi connectivity index (χ1n) is 21.1. The fraction of sp³-hybridized carbons (Fsp3) is 0.356. The summed E-state index contributed by atoms with van der Waals surface area (Å²) in [4.78, 5) is 47.0. The molecule has 1 saturated carbocycles. The van der Waals surface area contributed by atoms with Crippen LogP contribution in [0.1, 0.15) is 94.9 Å². The smallest absolute Gasteiger partial charge is 0.381 e. The zero-order valence-electron chi connectivity index (χ0n) is 34.9. The van der Waals surface area contributed by atoms with Gasteiger partial charge in [-0.05, 0) is 111 Å². The van der Waals surface area contributed by atoms with Gasteiger partial charge in [-0.1, -0.05) is 18.1 Å². The van der Waals surface area contributed by atoms with Gasteiger partial charge in [0.25, 0.3) is 5.91 Å². The Bertz CT molecular complexity index is 3180. The van der Waals surface area contributed by atoms with Crippen LogP contribution in [0.4, 0.5) is 14.5 Å². The first kappa shape index (κ1) is 39.4. The number of benzene rings is 3. The van der Waals surface area contributed by atoms with E-state index in [2.05, 4.69) is 33.9 Å². The molecule has 1 saturated heterocycles.